The van der Waals surface area contributed by atoms with E-state index in [4.69, 9.17) is 9.47 Å². The third-order valence-electron chi connectivity index (χ3n) is 2.95. The zero-order valence-corrected chi connectivity index (χ0v) is 11.4. The van der Waals surface area contributed by atoms with E-state index in [2.05, 4.69) is 12.2 Å². The molecule has 19 heavy (non-hydrogen) atoms. The summed E-state index contributed by atoms with van der Waals surface area (Å²) in [6, 6.07) is 7.35. The fourth-order valence-corrected chi connectivity index (χ4v) is 1.63. The quantitative estimate of drug-likeness (QED) is 0.783. The Labute approximate surface area is 114 Å². The summed E-state index contributed by atoms with van der Waals surface area (Å²) < 4.78 is 10.9. The number of hydrogen-bond donors (Lipinski definition) is 1. The summed E-state index contributed by atoms with van der Waals surface area (Å²) >= 11 is 0. The Morgan fingerprint density at radius 2 is 1.84 bits per heavy atom. The van der Waals surface area contributed by atoms with Crippen molar-refractivity contribution in [3.8, 4) is 11.5 Å². The number of carbonyl (C=O) groups is 1. The highest BCUT2D eigenvalue weighted by Gasteiger charge is 2.21. The SMILES string of the molecule is CCCOc1ccc(OCC(=O)NCC2CC2)cc1. The van der Waals surface area contributed by atoms with E-state index >= 15 is 0 Å². The van der Waals surface area contributed by atoms with E-state index in [1.165, 1.54) is 12.8 Å². The average Bonchev–Trinajstić information content (AvgIpc) is 3.26. The van der Waals surface area contributed by atoms with E-state index in [-0.39, 0.29) is 12.5 Å². The fourth-order valence-electron chi connectivity index (χ4n) is 1.63. The molecule has 0 aliphatic heterocycles. The van der Waals surface area contributed by atoms with Crippen molar-refractivity contribution >= 4 is 5.91 Å². The van der Waals surface area contributed by atoms with Gasteiger partial charge in [0.1, 0.15) is 11.5 Å². The Morgan fingerprint density at radius 3 is 2.42 bits per heavy atom. The Hall–Kier alpha value is -1.71. The molecule has 0 atom stereocenters. The first-order chi connectivity index (χ1) is 9.28. The summed E-state index contributed by atoms with van der Waals surface area (Å²) in [6.45, 7) is 3.63. The molecule has 4 heteroatoms. The van der Waals surface area contributed by atoms with Crippen molar-refractivity contribution in [3.05, 3.63) is 24.3 Å². The van der Waals surface area contributed by atoms with Gasteiger partial charge in [-0.05, 0) is 49.4 Å². The predicted molar refractivity (Wildman–Crippen MR) is 73.5 cm³/mol. The zero-order valence-electron chi connectivity index (χ0n) is 11.4. The molecular weight excluding hydrogens is 242 g/mol. The van der Waals surface area contributed by atoms with Crippen molar-refractivity contribution in [2.24, 2.45) is 5.92 Å². The number of carbonyl (C=O) groups excluding carboxylic acids is 1. The fraction of sp³-hybridized carbons (Fsp3) is 0.533. The second-order valence-corrected chi connectivity index (χ2v) is 4.86. The molecule has 1 aromatic rings. The normalized spacial score (nSPS) is 13.9. The van der Waals surface area contributed by atoms with Gasteiger partial charge in [-0.1, -0.05) is 6.92 Å². The number of benzene rings is 1. The molecule has 1 aliphatic rings. The molecule has 1 aromatic carbocycles. The summed E-state index contributed by atoms with van der Waals surface area (Å²) in [6.07, 6.45) is 3.46. The lowest BCUT2D eigenvalue weighted by Gasteiger charge is -2.08. The Balaban J connectivity index is 1.67. The molecule has 0 spiro atoms. The molecule has 4 nitrogen and oxygen atoms in total. The van der Waals surface area contributed by atoms with Crippen LogP contribution in [0.15, 0.2) is 24.3 Å². The highest BCUT2D eigenvalue weighted by Crippen LogP contribution is 2.27. The average molecular weight is 263 g/mol. The van der Waals surface area contributed by atoms with Crippen LogP contribution in [0.3, 0.4) is 0 Å². The van der Waals surface area contributed by atoms with E-state index < -0.39 is 0 Å². The number of nitrogens with one attached hydrogen (secondary N) is 1. The van der Waals surface area contributed by atoms with E-state index in [0.717, 1.165) is 18.7 Å². The first kappa shape index (κ1) is 13.7. The Kier molecular flexibility index (Phi) is 5.07. The largest absolute Gasteiger partial charge is 0.494 e. The van der Waals surface area contributed by atoms with Gasteiger partial charge in [0, 0.05) is 6.54 Å². The maximum absolute atomic E-state index is 11.5. The van der Waals surface area contributed by atoms with Gasteiger partial charge in [0.15, 0.2) is 6.61 Å². The van der Waals surface area contributed by atoms with Gasteiger partial charge in [-0.3, -0.25) is 4.79 Å². The Morgan fingerprint density at radius 1 is 1.21 bits per heavy atom. The minimum Gasteiger partial charge on any atom is -0.494 e. The number of rotatable bonds is 8. The maximum Gasteiger partial charge on any atom is 0.257 e. The zero-order chi connectivity index (χ0) is 13.5. The van der Waals surface area contributed by atoms with Gasteiger partial charge in [0.25, 0.3) is 5.91 Å². The number of ether oxygens (including phenoxy) is 2. The highest BCUT2D eigenvalue weighted by molar-refractivity contribution is 5.77. The Bertz CT molecular complexity index is 398. The molecule has 1 saturated carbocycles. The molecular formula is C15H21NO3. The van der Waals surface area contributed by atoms with Crippen LogP contribution in [-0.4, -0.2) is 25.7 Å². The lowest BCUT2D eigenvalue weighted by atomic mass is 10.3. The molecule has 1 amide bonds. The lowest BCUT2D eigenvalue weighted by molar-refractivity contribution is -0.123. The van der Waals surface area contributed by atoms with Crippen LogP contribution in [0.4, 0.5) is 0 Å². The van der Waals surface area contributed by atoms with Crippen LogP contribution in [0.5, 0.6) is 11.5 Å². The first-order valence-electron chi connectivity index (χ1n) is 6.90. The van der Waals surface area contributed by atoms with Crippen LogP contribution in [0, 0.1) is 5.92 Å². The first-order valence-corrected chi connectivity index (χ1v) is 6.90. The van der Waals surface area contributed by atoms with Crippen molar-refractivity contribution in [1.82, 2.24) is 5.32 Å². The monoisotopic (exact) mass is 263 g/mol. The number of amides is 1. The van der Waals surface area contributed by atoms with Crippen molar-refractivity contribution < 1.29 is 14.3 Å². The van der Waals surface area contributed by atoms with Crippen LogP contribution in [-0.2, 0) is 4.79 Å². The van der Waals surface area contributed by atoms with Crippen LogP contribution < -0.4 is 14.8 Å². The van der Waals surface area contributed by atoms with Gasteiger partial charge in [-0.2, -0.15) is 0 Å². The van der Waals surface area contributed by atoms with Crippen molar-refractivity contribution in [2.75, 3.05) is 19.8 Å². The van der Waals surface area contributed by atoms with Crippen molar-refractivity contribution in [1.29, 1.82) is 0 Å². The molecule has 0 heterocycles. The predicted octanol–water partition coefficient (Wildman–Crippen LogP) is 2.38. The van der Waals surface area contributed by atoms with E-state index in [1.54, 1.807) is 0 Å². The molecule has 1 N–H and O–H groups in total. The summed E-state index contributed by atoms with van der Waals surface area (Å²) in [7, 11) is 0. The second kappa shape index (κ2) is 7.02. The van der Waals surface area contributed by atoms with Crippen LogP contribution in [0.1, 0.15) is 26.2 Å². The van der Waals surface area contributed by atoms with Crippen molar-refractivity contribution in [3.63, 3.8) is 0 Å². The highest BCUT2D eigenvalue weighted by atomic mass is 16.5. The third kappa shape index (κ3) is 5.20. The molecule has 0 bridgehead atoms. The second-order valence-electron chi connectivity index (χ2n) is 4.86. The molecule has 0 saturated heterocycles. The summed E-state index contributed by atoms with van der Waals surface area (Å²) in [4.78, 5) is 11.5. The summed E-state index contributed by atoms with van der Waals surface area (Å²) in [5.74, 6) is 2.15. The molecule has 104 valence electrons. The van der Waals surface area contributed by atoms with Crippen LogP contribution in [0.2, 0.25) is 0 Å². The molecule has 1 fully saturated rings. The topological polar surface area (TPSA) is 47.6 Å². The minimum absolute atomic E-state index is 0.0572. The molecule has 0 aromatic heterocycles. The van der Waals surface area contributed by atoms with E-state index in [1.807, 2.05) is 24.3 Å². The molecule has 1 aliphatic carbocycles. The van der Waals surface area contributed by atoms with Gasteiger partial charge in [-0.15, -0.1) is 0 Å². The smallest absolute Gasteiger partial charge is 0.257 e. The van der Waals surface area contributed by atoms with Crippen LogP contribution in [0.25, 0.3) is 0 Å². The van der Waals surface area contributed by atoms with E-state index in [9.17, 15) is 4.79 Å². The molecule has 0 unspecified atom stereocenters. The standard InChI is InChI=1S/C15H21NO3/c1-2-9-18-13-5-7-14(8-6-13)19-11-15(17)16-10-12-3-4-12/h5-8,12H,2-4,9-11H2,1H3,(H,16,17). The third-order valence-corrected chi connectivity index (χ3v) is 2.95. The minimum atomic E-state index is -0.0572. The summed E-state index contributed by atoms with van der Waals surface area (Å²) in [5.41, 5.74) is 0. The molecule has 2 rings (SSSR count). The van der Waals surface area contributed by atoms with Crippen molar-refractivity contribution in [2.45, 2.75) is 26.2 Å². The maximum atomic E-state index is 11.5. The van der Waals surface area contributed by atoms with Gasteiger partial charge in [0.2, 0.25) is 0 Å². The van der Waals surface area contributed by atoms with Gasteiger partial charge in [0.05, 0.1) is 6.61 Å². The summed E-state index contributed by atoms with van der Waals surface area (Å²) in [5, 5.41) is 2.87. The van der Waals surface area contributed by atoms with E-state index in [0.29, 0.717) is 18.3 Å². The number of hydrogen-bond acceptors (Lipinski definition) is 3. The molecule has 0 radical (unpaired) electrons. The lowest BCUT2D eigenvalue weighted by Crippen LogP contribution is -2.30. The van der Waals surface area contributed by atoms with Crippen LogP contribution >= 0.6 is 0 Å². The van der Waals surface area contributed by atoms with Gasteiger partial charge >= 0.3 is 0 Å². The van der Waals surface area contributed by atoms with Gasteiger partial charge < -0.3 is 14.8 Å². The van der Waals surface area contributed by atoms with Gasteiger partial charge in [-0.25, -0.2) is 0 Å².